The molecule has 1 atom stereocenters. The van der Waals surface area contributed by atoms with Crippen LogP contribution in [0.25, 0.3) is 6.08 Å². The van der Waals surface area contributed by atoms with E-state index in [1.165, 1.54) is 6.92 Å². The molecule has 0 N–H and O–H groups in total. The average molecular weight is 446 g/mol. The van der Waals surface area contributed by atoms with E-state index in [0.717, 1.165) is 18.2 Å². The summed E-state index contributed by atoms with van der Waals surface area (Å²) >= 11 is 0. The van der Waals surface area contributed by atoms with Crippen LogP contribution in [0.4, 0.5) is 26.3 Å². The predicted octanol–water partition coefficient (Wildman–Crippen LogP) is 5.45. The molecule has 10 heteroatoms. The van der Waals surface area contributed by atoms with Crippen LogP contribution in [-0.2, 0) is 16.0 Å². The van der Waals surface area contributed by atoms with Crippen LogP contribution in [0.15, 0.2) is 48.0 Å². The van der Waals surface area contributed by atoms with Gasteiger partial charge in [0.15, 0.2) is 0 Å². The van der Waals surface area contributed by atoms with Crippen LogP contribution in [0.1, 0.15) is 23.6 Å². The van der Waals surface area contributed by atoms with Crippen LogP contribution in [0.2, 0.25) is 0 Å². The van der Waals surface area contributed by atoms with Crippen LogP contribution in [0, 0.1) is 0 Å². The van der Waals surface area contributed by atoms with Gasteiger partial charge >= 0.3 is 18.5 Å². The fourth-order valence-corrected chi connectivity index (χ4v) is 3.12. The number of hydrogen-bond acceptors (Lipinski definition) is 4. The van der Waals surface area contributed by atoms with Crippen molar-refractivity contribution in [1.29, 1.82) is 0 Å². The molecule has 4 nitrogen and oxygen atoms in total. The summed E-state index contributed by atoms with van der Waals surface area (Å²) in [5.74, 6) is -2.21. The number of benzene rings is 2. The zero-order chi connectivity index (χ0) is 22.8. The lowest BCUT2D eigenvalue weighted by Gasteiger charge is -2.29. The van der Waals surface area contributed by atoms with Gasteiger partial charge in [0.25, 0.3) is 0 Å². The monoisotopic (exact) mass is 446 g/mol. The van der Waals surface area contributed by atoms with Gasteiger partial charge in [-0.1, -0.05) is 30.3 Å². The van der Waals surface area contributed by atoms with Crippen molar-refractivity contribution in [2.45, 2.75) is 32.0 Å². The van der Waals surface area contributed by atoms with Crippen LogP contribution in [-0.4, -0.2) is 31.2 Å². The molecule has 0 fully saturated rings. The van der Waals surface area contributed by atoms with Crippen molar-refractivity contribution < 1.29 is 45.3 Å². The number of alkyl halides is 6. The molecule has 1 aliphatic rings. The van der Waals surface area contributed by atoms with E-state index in [4.69, 9.17) is 4.74 Å². The van der Waals surface area contributed by atoms with Crippen molar-refractivity contribution in [1.82, 2.24) is 0 Å². The predicted molar refractivity (Wildman–Crippen MR) is 97.5 cm³/mol. The summed E-state index contributed by atoms with van der Waals surface area (Å²) in [6.07, 6.45) is -11.8. The Hall–Kier alpha value is -3.17. The molecule has 0 radical (unpaired) electrons. The minimum atomic E-state index is -5.02. The molecule has 2 aromatic carbocycles. The second-order valence-corrected chi connectivity index (χ2v) is 6.57. The Balaban J connectivity index is 2.14. The van der Waals surface area contributed by atoms with E-state index in [1.54, 1.807) is 30.3 Å². The van der Waals surface area contributed by atoms with Gasteiger partial charge in [-0.25, -0.2) is 4.79 Å². The molecule has 31 heavy (non-hydrogen) atoms. The van der Waals surface area contributed by atoms with Crippen LogP contribution in [0.3, 0.4) is 0 Å². The quantitative estimate of drug-likeness (QED) is 0.453. The first-order valence-electron chi connectivity index (χ1n) is 9.06. The lowest BCUT2D eigenvalue weighted by Crippen LogP contribution is -2.41. The summed E-state index contributed by atoms with van der Waals surface area (Å²) in [7, 11) is 0. The van der Waals surface area contributed by atoms with E-state index >= 15 is 0 Å². The van der Waals surface area contributed by atoms with Crippen molar-refractivity contribution in [2.24, 2.45) is 0 Å². The van der Waals surface area contributed by atoms with Gasteiger partial charge in [0, 0.05) is 17.5 Å². The molecular formula is C21H16F6O4. The lowest BCUT2D eigenvalue weighted by atomic mass is 9.95. The third kappa shape index (κ3) is 5.50. The molecule has 3 rings (SSSR count). The highest BCUT2D eigenvalue weighted by atomic mass is 19.4. The van der Waals surface area contributed by atoms with Crippen LogP contribution >= 0.6 is 0 Å². The molecule has 166 valence electrons. The minimum absolute atomic E-state index is 0.0224. The fourth-order valence-electron chi connectivity index (χ4n) is 3.12. The van der Waals surface area contributed by atoms with Crippen molar-refractivity contribution in [3.8, 4) is 11.5 Å². The third-order valence-electron chi connectivity index (χ3n) is 4.28. The number of ether oxygens (including phenoxy) is 3. The van der Waals surface area contributed by atoms with Crippen molar-refractivity contribution in [3.63, 3.8) is 0 Å². The van der Waals surface area contributed by atoms with Gasteiger partial charge < -0.3 is 14.2 Å². The molecule has 0 saturated carbocycles. The van der Waals surface area contributed by atoms with E-state index in [0.29, 0.717) is 5.56 Å². The van der Waals surface area contributed by atoms with Gasteiger partial charge in [-0.15, -0.1) is 13.2 Å². The smallest absolute Gasteiger partial charge is 0.475 e. The molecule has 0 bridgehead atoms. The molecule has 2 aromatic rings. The maximum Gasteiger partial charge on any atom is 0.573 e. The van der Waals surface area contributed by atoms with Gasteiger partial charge in [0.2, 0.25) is 6.10 Å². The Morgan fingerprint density at radius 1 is 1.06 bits per heavy atom. The van der Waals surface area contributed by atoms with Gasteiger partial charge in [0.1, 0.15) is 11.5 Å². The summed E-state index contributed by atoms with van der Waals surface area (Å²) in [6, 6.07) is 10.2. The highest BCUT2D eigenvalue weighted by molar-refractivity contribution is 5.96. The summed E-state index contributed by atoms with van der Waals surface area (Å²) in [5.41, 5.74) is -0.356. The van der Waals surface area contributed by atoms with Crippen molar-refractivity contribution in [2.75, 3.05) is 6.61 Å². The van der Waals surface area contributed by atoms with E-state index in [9.17, 15) is 31.1 Å². The number of carbonyl (C=O) groups excluding carboxylic acids is 1. The largest absolute Gasteiger partial charge is 0.573 e. The topological polar surface area (TPSA) is 44.8 Å². The highest BCUT2D eigenvalue weighted by Crippen LogP contribution is 2.42. The highest BCUT2D eigenvalue weighted by Gasteiger charge is 2.49. The second kappa shape index (κ2) is 8.52. The number of rotatable bonds is 5. The summed E-state index contributed by atoms with van der Waals surface area (Å²) in [5, 5.41) is 0. The van der Waals surface area contributed by atoms with Gasteiger partial charge in [-0.3, -0.25) is 0 Å². The summed E-state index contributed by atoms with van der Waals surface area (Å²) < 4.78 is 92.8. The maximum absolute atomic E-state index is 13.6. The maximum atomic E-state index is 13.6. The SMILES string of the molecule is CCOC(=O)C1=Cc2cc(OC(F)(F)F)cc(Cc3ccccc3)c2OC1C(F)(F)F. The van der Waals surface area contributed by atoms with Crippen molar-refractivity contribution in [3.05, 3.63) is 64.7 Å². The van der Waals surface area contributed by atoms with Crippen LogP contribution < -0.4 is 9.47 Å². The number of hydrogen-bond donors (Lipinski definition) is 0. The van der Waals surface area contributed by atoms with Crippen molar-refractivity contribution >= 4 is 12.0 Å². The number of halogens is 6. The molecule has 0 saturated heterocycles. The molecule has 0 aromatic heterocycles. The van der Waals surface area contributed by atoms with Gasteiger partial charge in [-0.2, -0.15) is 13.2 Å². The zero-order valence-electron chi connectivity index (χ0n) is 16.0. The zero-order valence-corrected chi connectivity index (χ0v) is 16.0. The first-order chi connectivity index (χ1) is 14.5. The van der Waals surface area contributed by atoms with E-state index in [-0.39, 0.29) is 29.9 Å². The Morgan fingerprint density at radius 3 is 2.32 bits per heavy atom. The number of esters is 1. The molecule has 1 heterocycles. The first kappa shape index (κ1) is 22.5. The molecule has 1 aliphatic heterocycles. The number of fused-ring (bicyclic) bond motifs is 1. The van der Waals surface area contributed by atoms with E-state index in [2.05, 4.69) is 9.47 Å². The number of carbonyl (C=O) groups is 1. The van der Waals surface area contributed by atoms with Crippen LogP contribution in [0.5, 0.6) is 11.5 Å². The molecule has 0 spiro atoms. The average Bonchev–Trinajstić information content (AvgIpc) is 2.66. The Kier molecular flexibility index (Phi) is 6.19. The first-order valence-corrected chi connectivity index (χ1v) is 9.06. The third-order valence-corrected chi connectivity index (χ3v) is 4.28. The van der Waals surface area contributed by atoms with E-state index < -0.39 is 35.9 Å². The normalized spacial score (nSPS) is 16.1. The summed E-state index contributed by atoms with van der Waals surface area (Å²) in [6.45, 7) is 1.22. The van der Waals surface area contributed by atoms with Gasteiger partial charge in [-0.05, 0) is 30.7 Å². The standard InChI is InChI=1S/C21H16F6O4/c1-2-29-19(28)16-11-14-10-15(31-21(25,26)27)9-13(8-12-6-4-3-5-7-12)17(14)30-18(16)20(22,23)24/h3-7,9-11,18H,2,8H2,1H3. The molecule has 1 unspecified atom stereocenters. The molecule has 0 amide bonds. The van der Waals surface area contributed by atoms with E-state index in [1.807, 2.05) is 0 Å². The van der Waals surface area contributed by atoms with Gasteiger partial charge in [0.05, 0.1) is 12.2 Å². The Bertz CT molecular complexity index is 980. The minimum Gasteiger partial charge on any atom is -0.475 e. The molecule has 0 aliphatic carbocycles. The summed E-state index contributed by atoms with van der Waals surface area (Å²) in [4.78, 5) is 12.1. The Labute approximate surface area is 173 Å². The Morgan fingerprint density at radius 2 is 1.74 bits per heavy atom. The lowest BCUT2D eigenvalue weighted by molar-refractivity contribution is -0.274. The fraction of sp³-hybridized carbons (Fsp3) is 0.286. The molecular weight excluding hydrogens is 430 g/mol. The second-order valence-electron chi connectivity index (χ2n) is 6.57.